The third kappa shape index (κ3) is 4.16. The molecule has 0 aromatic heterocycles. The highest BCUT2D eigenvalue weighted by Crippen LogP contribution is 2.60. The molecular formula is C16H35NS. The van der Waals surface area contributed by atoms with Gasteiger partial charge in [0.2, 0.25) is 0 Å². The van der Waals surface area contributed by atoms with Crippen LogP contribution in [0, 0.1) is 0 Å². The van der Waals surface area contributed by atoms with Crippen LogP contribution in [0.1, 0.15) is 85.5 Å². The molecule has 0 bridgehead atoms. The molecule has 0 amide bonds. The van der Waals surface area contributed by atoms with Crippen molar-refractivity contribution in [3.05, 3.63) is 0 Å². The Hall–Kier alpha value is 0.310. The fraction of sp³-hybridized carbons (Fsp3) is 1.00. The lowest BCUT2D eigenvalue weighted by atomic mass is 10.0. The fourth-order valence-corrected chi connectivity index (χ4v) is 7.03. The van der Waals surface area contributed by atoms with Gasteiger partial charge in [0, 0.05) is 10.00 Å². The molecule has 1 fully saturated rings. The molecule has 2 heteroatoms. The van der Waals surface area contributed by atoms with Gasteiger partial charge < -0.3 is 0 Å². The van der Waals surface area contributed by atoms with Crippen molar-refractivity contribution in [1.29, 1.82) is 0 Å². The molecule has 18 heavy (non-hydrogen) atoms. The monoisotopic (exact) mass is 273 g/mol. The Balaban J connectivity index is 2.62. The quantitative estimate of drug-likeness (QED) is 0.646. The van der Waals surface area contributed by atoms with Crippen molar-refractivity contribution in [1.82, 2.24) is 0 Å². The summed E-state index contributed by atoms with van der Waals surface area (Å²) in [6.45, 7) is 9.44. The lowest BCUT2D eigenvalue weighted by Gasteiger charge is -2.54. The van der Waals surface area contributed by atoms with E-state index in [1.165, 1.54) is 63.5 Å². The van der Waals surface area contributed by atoms with Gasteiger partial charge in [-0.15, -0.1) is 0 Å². The van der Waals surface area contributed by atoms with Gasteiger partial charge in [0.15, 0.2) is 0 Å². The molecule has 1 aliphatic rings. The molecule has 1 rings (SSSR count). The highest BCUT2D eigenvalue weighted by molar-refractivity contribution is 8.33. The zero-order valence-corrected chi connectivity index (χ0v) is 14.0. The highest BCUT2D eigenvalue weighted by atomic mass is 32.3. The SMILES string of the molecule is CCCCCCS(N)(C1CCCCC1)C(C)(C)C. The Bertz CT molecular complexity index is 228. The van der Waals surface area contributed by atoms with E-state index < -0.39 is 10.2 Å². The van der Waals surface area contributed by atoms with Crippen LogP contribution in [0.2, 0.25) is 0 Å². The van der Waals surface area contributed by atoms with E-state index in [9.17, 15) is 0 Å². The van der Waals surface area contributed by atoms with E-state index in [0.717, 1.165) is 5.25 Å². The smallest absolute Gasteiger partial charge is 0.00331 e. The van der Waals surface area contributed by atoms with Gasteiger partial charge in [-0.3, -0.25) is 5.14 Å². The molecular weight excluding hydrogens is 238 g/mol. The number of unbranched alkanes of at least 4 members (excludes halogenated alkanes) is 3. The van der Waals surface area contributed by atoms with Crippen LogP contribution in [0.3, 0.4) is 0 Å². The van der Waals surface area contributed by atoms with Crippen LogP contribution in [-0.4, -0.2) is 15.7 Å². The fourth-order valence-electron chi connectivity index (χ4n) is 3.23. The first-order valence-corrected chi connectivity index (χ1v) is 9.92. The standard InChI is InChI=1S/C16H35NS/c1-5-6-7-11-14-18(17,16(2,3)4)15-12-9-8-10-13-15/h15H,5-14,17H2,1-4H3. The summed E-state index contributed by atoms with van der Waals surface area (Å²) in [5.41, 5.74) is 0. The number of hydrogen-bond acceptors (Lipinski definition) is 1. The molecule has 0 aromatic carbocycles. The maximum absolute atomic E-state index is 7.02. The van der Waals surface area contributed by atoms with Gasteiger partial charge >= 0.3 is 0 Å². The molecule has 0 heterocycles. The summed E-state index contributed by atoms with van der Waals surface area (Å²) in [5, 5.41) is 7.86. The number of rotatable bonds is 6. The van der Waals surface area contributed by atoms with Crippen molar-refractivity contribution in [3.8, 4) is 0 Å². The minimum atomic E-state index is -0.937. The lowest BCUT2D eigenvalue weighted by molar-refractivity contribution is 0.505. The van der Waals surface area contributed by atoms with Crippen molar-refractivity contribution in [3.63, 3.8) is 0 Å². The Kier molecular flexibility index (Phi) is 6.54. The predicted molar refractivity (Wildman–Crippen MR) is 87.4 cm³/mol. The summed E-state index contributed by atoms with van der Waals surface area (Å²) >= 11 is 0. The van der Waals surface area contributed by atoms with Crippen molar-refractivity contribution in [2.75, 3.05) is 5.75 Å². The minimum absolute atomic E-state index is 0.321. The van der Waals surface area contributed by atoms with Crippen LogP contribution in [0.15, 0.2) is 0 Å². The zero-order valence-electron chi connectivity index (χ0n) is 13.1. The summed E-state index contributed by atoms with van der Waals surface area (Å²) < 4.78 is 0.321. The van der Waals surface area contributed by atoms with E-state index in [1.807, 2.05) is 0 Å². The average Bonchev–Trinajstić information content (AvgIpc) is 2.34. The van der Waals surface area contributed by atoms with Gasteiger partial charge in [0.25, 0.3) is 0 Å². The zero-order chi connectivity index (χ0) is 13.6. The first-order chi connectivity index (χ1) is 8.42. The first kappa shape index (κ1) is 16.4. The van der Waals surface area contributed by atoms with E-state index in [-0.39, 0.29) is 0 Å². The normalized spacial score (nSPS) is 23.6. The second-order valence-electron chi connectivity index (χ2n) is 6.99. The third-order valence-corrected chi connectivity index (χ3v) is 9.53. The summed E-state index contributed by atoms with van der Waals surface area (Å²) in [5.74, 6) is 1.31. The second kappa shape index (κ2) is 7.19. The van der Waals surface area contributed by atoms with Crippen LogP contribution in [0.5, 0.6) is 0 Å². The molecule has 1 aliphatic carbocycles. The Morgan fingerprint density at radius 3 is 2.11 bits per heavy atom. The van der Waals surface area contributed by atoms with Crippen molar-refractivity contribution < 1.29 is 0 Å². The largest absolute Gasteiger partial charge is 0.294 e. The Morgan fingerprint density at radius 2 is 1.61 bits per heavy atom. The van der Waals surface area contributed by atoms with Crippen LogP contribution in [0.4, 0.5) is 0 Å². The maximum Gasteiger partial charge on any atom is 0.00331 e. The molecule has 0 saturated heterocycles. The summed E-state index contributed by atoms with van der Waals surface area (Å²) in [6.07, 6.45) is 12.5. The summed E-state index contributed by atoms with van der Waals surface area (Å²) in [7, 11) is -0.937. The third-order valence-electron chi connectivity index (χ3n) is 4.62. The van der Waals surface area contributed by atoms with Gasteiger partial charge in [0.05, 0.1) is 0 Å². The molecule has 1 atom stereocenters. The summed E-state index contributed by atoms with van der Waals surface area (Å²) in [6, 6.07) is 0. The number of hydrogen-bond donors (Lipinski definition) is 1. The maximum atomic E-state index is 7.02. The molecule has 1 nitrogen and oxygen atoms in total. The van der Waals surface area contributed by atoms with Crippen LogP contribution >= 0.6 is 10.2 Å². The van der Waals surface area contributed by atoms with Gasteiger partial charge in [-0.1, -0.05) is 66.2 Å². The van der Waals surface area contributed by atoms with E-state index in [0.29, 0.717) is 4.75 Å². The van der Waals surface area contributed by atoms with Gasteiger partial charge in [0.1, 0.15) is 0 Å². The van der Waals surface area contributed by atoms with Gasteiger partial charge in [-0.2, -0.15) is 10.2 Å². The van der Waals surface area contributed by atoms with Crippen LogP contribution in [-0.2, 0) is 0 Å². The molecule has 1 saturated carbocycles. The molecule has 0 spiro atoms. The molecule has 2 N–H and O–H groups in total. The lowest BCUT2D eigenvalue weighted by Crippen LogP contribution is -2.42. The van der Waals surface area contributed by atoms with E-state index in [2.05, 4.69) is 27.7 Å². The minimum Gasteiger partial charge on any atom is -0.294 e. The van der Waals surface area contributed by atoms with Gasteiger partial charge in [-0.25, -0.2) is 0 Å². The average molecular weight is 274 g/mol. The van der Waals surface area contributed by atoms with E-state index >= 15 is 0 Å². The van der Waals surface area contributed by atoms with Crippen molar-refractivity contribution in [2.45, 2.75) is 95.5 Å². The molecule has 110 valence electrons. The Morgan fingerprint density at radius 1 is 1.00 bits per heavy atom. The second-order valence-corrected chi connectivity index (χ2v) is 11.0. The highest BCUT2D eigenvalue weighted by Gasteiger charge is 2.39. The molecule has 1 unspecified atom stereocenters. The molecule has 0 aliphatic heterocycles. The number of nitrogens with two attached hydrogens (primary N) is 1. The van der Waals surface area contributed by atoms with Crippen LogP contribution < -0.4 is 5.14 Å². The molecule has 0 aromatic rings. The predicted octanol–water partition coefficient (Wildman–Crippen LogP) is 5.38. The van der Waals surface area contributed by atoms with E-state index in [1.54, 1.807) is 0 Å². The molecule has 0 radical (unpaired) electrons. The Labute approximate surface area is 117 Å². The summed E-state index contributed by atoms with van der Waals surface area (Å²) in [4.78, 5) is 0. The van der Waals surface area contributed by atoms with Crippen molar-refractivity contribution in [2.24, 2.45) is 5.14 Å². The topological polar surface area (TPSA) is 26.0 Å². The van der Waals surface area contributed by atoms with Crippen LogP contribution in [0.25, 0.3) is 0 Å². The van der Waals surface area contributed by atoms with Gasteiger partial charge in [-0.05, 0) is 25.0 Å². The first-order valence-electron chi connectivity index (χ1n) is 7.99. The van der Waals surface area contributed by atoms with E-state index in [4.69, 9.17) is 5.14 Å². The van der Waals surface area contributed by atoms with Crippen molar-refractivity contribution >= 4 is 10.2 Å².